The van der Waals surface area contributed by atoms with Gasteiger partial charge in [-0.15, -0.1) is 0 Å². The predicted molar refractivity (Wildman–Crippen MR) is 152 cm³/mol. The zero-order valence-electron chi connectivity index (χ0n) is 21.6. The zero-order valence-corrected chi connectivity index (χ0v) is 22.4. The summed E-state index contributed by atoms with van der Waals surface area (Å²) in [6.45, 7) is 2.45. The van der Waals surface area contributed by atoms with E-state index < -0.39 is 0 Å². The number of para-hydroxylation sites is 2. The van der Waals surface area contributed by atoms with Crippen molar-refractivity contribution in [3.8, 4) is 17.1 Å². The van der Waals surface area contributed by atoms with Gasteiger partial charge in [-0.2, -0.15) is 0 Å². The van der Waals surface area contributed by atoms with Crippen molar-refractivity contribution in [2.45, 2.75) is 45.2 Å². The van der Waals surface area contributed by atoms with Crippen LogP contribution in [0.15, 0.2) is 78.0 Å². The molecule has 3 aromatic heterocycles. The molecule has 0 bridgehead atoms. The molecule has 1 fully saturated rings. The number of imidazole rings is 2. The smallest absolute Gasteiger partial charge is 0.333 e. The van der Waals surface area contributed by atoms with E-state index in [1.165, 1.54) is 0 Å². The number of carbonyl (C=O) groups excluding carboxylic acids is 1. The highest BCUT2D eigenvalue weighted by Gasteiger charge is 2.25. The number of carbonyl (C=O) groups is 1. The number of nitrogens with one attached hydrogen (secondary N) is 2. The topological polar surface area (TPSA) is 97.6 Å². The van der Waals surface area contributed by atoms with Crippen LogP contribution < -0.4 is 11.0 Å². The number of benzene rings is 2. The average molecular weight is 541 g/mol. The summed E-state index contributed by atoms with van der Waals surface area (Å²) in [5.74, 6) is 0.973. The number of fused-ring (bicyclic) bond motifs is 1. The van der Waals surface area contributed by atoms with Crippen LogP contribution >= 0.6 is 11.6 Å². The monoisotopic (exact) mass is 540 g/mol. The Labute approximate surface area is 230 Å². The van der Waals surface area contributed by atoms with Gasteiger partial charge < -0.3 is 10.3 Å². The first-order valence-corrected chi connectivity index (χ1v) is 13.6. The highest BCUT2D eigenvalue weighted by molar-refractivity contribution is 6.30. The zero-order chi connectivity index (χ0) is 26.9. The van der Waals surface area contributed by atoms with Gasteiger partial charge in [-0.25, -0.2) is 9.78 Å². The van der Waals surface area contributed by atoms with Gasteiger partial charge in [0.25, 0.3) is 5.91 Å². The SMILES string of the molecule is Cc1ncc(Cl)cc1C(=O)N[C@H]1CC[C@H](Cn2c(=O)n(-c3cccc(-c4ncc[nH]4)c3)c3ccccc32)CC1. The van der Waals surface area contributed by atoms with Crippen LogP contribution in [0, 0.1) is 12.8 Å². The van der Waals surface area contributed by atoms with Crippen molar-refractivity contribution in [2.24, 2.45) is 5.92 Å². The van der Waals surface area contributed by atoms with E-state index in [0.29, 0.717) is 28.7 Å². The molecule has 0 radical (unpaired) electrons. The van der Waals surface area contributed by atoms with Crippen LogP contribution in [0.2, 0.25) is 5.02 Å². The minimum absolute atomic E-state index is 0.0489. The molecule has 1 aliphatic rings. The Bertz CT molecular complexity index is 1700. The van der Waals surface area contributed by atoms with Crippen LogP contribution in [0.3, 0.4) is 0 Å². The minimum atomic E-state index is -0.137. The molecule has 0 atom stereocenters. The van der Waals surface area contributed by atoms with Gasteiger partial charge in [0.1, 0.15) is 5.82 Å². The number of aromatic nitrogens is 5. The number of aromatic amines is 1. The molecule has 1 saturated carbocycles. The summed E-state index contributed by atoms with van der Waals surface area (Å²) < 4.78 is 3.69. The van der Waals surface area contributed by atoms with Crippen LogP contribution in [0.5, 0.6) is 0 Å². The lowest BCUT2D eigenvalue weighted by Crippen LogP contribution is -2.39. The van der Waals surface area contributed by atoms with Crippen LogP contribution in [-0.2, 0) is 6.54 Å². The molecule has 1 amide bonds. The van der Waals surface area contributed by atoms with E-state index in [0.717, 1.165) is 53.8 Å². The van der Waals surface area contributed by atoms with Crippen molar-refractivity contribution in [3.05, 3.63) is 100.0 Å². The Morgan fingerprint density at radius 1 is 1.05 bits per heavy atom. The molecule has 6 rings (SSSR count). The van der Waals surface area contributed by atoms with E-state index in [4.69, 9.17) is 11.6 Å². The highest BCUT2D eigenvalue weighted by Crippen LogP contribution is 2.28. The second-order valence-electron chi connectivity index (χ2n) is 10.2. The normalized spacial score (nSPS) is 17.4. The van der Waals surface area contributed by atoms with Gasteiger partial charge in [0.2, 0.25) is 0 Å². The Morgan fingerprint density at radius 2 is 1.85 bits per heavy atom. The fraction of sp³-hybridized carbons (Fsp3) is 0.267. The van der Waals surface area contributed by atoms with Crippen LogP contribution in [0.25, 0.3) is 28.1 Å². The van der Waals surface area contributed by atoms with Gasteiger partial charge in [0.05, 0.1) is 33.0 Å². The number of amides is 1. The second-order valence-corrected chi connectivity index (χ2v) is 10.6. The van der Waals surface area contributed by atoms with Crippen molar-refractivity contribution in [2.75, 3.05) is 0 Å². The van der Waals surface area contributed by atoms with Gasteiger partial charge >= 0.3 is 5.69 Å². The summed E-state index contributed by atoms with van der Waals surface area (Å²) in [7, 11) is 0. The Morgan fingerprint density at radius 3 is 2.62 bits per heavy atom. The van der Waals surface area contributed by atoms with E-state index in [-0.39, 0.29) is 17.6 Å². The van der Waals surface area contributed by atoms with Crippen LogP contribution in [0.4, 0.5) is 0 Å². The Kier molecular flexibility index (Phi) is 6.79. The van der Waals surface area contributed by atoms with Crippen LogP contribution in [-0.4, -0.2) is 36.0 Å². The standard InChI is InChI=1S/C30H29ClN6O2/c1-19-25(16-22(31)17-34-19)29(38)35-23-11-9-20(10-12-23)18-36-26-7-2-3-8-27(26)37(30(36)39)24-6-4-5-21(15-24)28-32-13-14-33-28/h2-8,13-17,20,23H,9-12,18H2,1H3,(H,32,33)(H,35,38)/t20-,23-. The molecular formula is C30H29ClN6O2. The van der Waals surface area contributed by atoms with E-state index in [1.807, 2.05) is 60.0 Å². The maximum absolute atomic E-state index is 13.8. The third kappa shape index (κ3) is 5.00. The van der Waals surface area contributed by atoms with Crippen LogP contribution in [0.1, 0.15) is 41.7 Å². The summed E-state index contributed by atoms with van der Waals surface area (Å²) in [5.41, 5.74) is 4.66. The third-order valence-corrected chi connectivity index (χ3v) is 7.84. The largest absolute Gasteiger partial charge is 0.349 e. The molecule has 2 N–H and O–H groups in total. The van der Waals surface area contributed by atoms with Crippen molar-refractivity contribution < 1.29 is 4.79 Å². The lowest BCUT2D eigenvalue weighted by atomic mass is 9.85. The molecule has 0 saturated heterocycles. The first kappa shape index (κ1) is 25.1. The number of H-pyrrole nitrogens is 1. The first-order chi connectivity index (χ1) is 19.0. The summed E-state index contributed by atoms with van der Waals surface area (Å²) >= 11 is 6.05. The molecule has 1 aliphatic carbocycles. The lowest BCUT2D eigenvalue weighted by molar-refractivity contribution is 0.0919. The minimum Gasteiger partial charge on any atom is -0.349 e. The molecule has 0 unspecified atom stereocenters. The average Bonchev–Trinajstić information content (AvgIpc) is 3.58. The maximum atomic E-state index is 13.8. The lowest BCUT2D eigenvalue weighted by Gasteiger charge is -2.29. The molecule has 8 nitrogen and oxygen atoms in total. The number of hydrogen-bond acceptors (Lipinski definition) is 4. The molecule has 2 aromatic carbocycles. The highest BCUT2D eigenvalue weighted by atomic mass is 35.5. The Balaban J connectivity index is 1.20. The number of halogens is 1. The summed E-state index contributed by atoms with van der Waals surface area (Å²) in [4.78, 5) is 38.3. The fourth-order valence-electron chi connectivity index (χ4n) is 5.60. The predicted octanol–water partition coefficient (Wildman–Crippen LogP) is 5.53. The molecular weight excluding hydrogens is 512 g/mol. The summed E-state index contributed by atoms with van der Waals surface area (Å²) in [6, 6.07) is 17.6. The van der Waals surface area contributed by atoms with Crippen molar-refractivity contribution in [1.29, 1.82) is 0 Å². The van der Waals surface area contributed by atoms with Gasteiger partial charge in [-0.1, -0.05) is 35.9 Å². The number of nitrogens with zero attached hydrogens (tertiary/aromatic N) is 4. The summed E-state index contributed by atoms with van der Waals surface area (Å²) in [6.07, 6.45) is 8.64. The van der Waals surface area contributed by atoms with Gasteiger partial charge in [-0.05, 0) is 68.9 Å². The quantitative estimate of drug-likeness (QED) is 0.296. The molecule has 198 valence electrons. The number of pyridine rings is 1. The van der Waals surface area contributed by atoms with Gasteiger partial charge in [-0.3, -0.25) is 18.9 Å². The third-order valence-electron chi connectivity index (χ3n) is 7.63. The maximum Gasteiger partial charge on any atom is 0.333 e. The number of rotatable bonds is 6. The Hall–Kier alpha value is -4.17. The van der Waals surface area contributed by atoms with E-state index in [1.54, 1.807) is 29.2 Å². The second kappa shape index (κ2) is 10.5. The van der Waals surface area contributed by atoms with E-state index in [2.05, 4.69) is 20.3 Å². The van der Waals surface area contributed by atoms with Crippen molar-refractivity contribution in [3.63, 3.8) is 0 Å². The summed E-state index contributed by atoms with van der Waals surface area (Å²) in [5, 5.41) is 3.60. The van der Waals surface area contributed by atoms with Gasteiger partial charge in [0, 0.05) is 36.7 Å². The van der Waals surface area contributed by atoms with Crippen molar-refractivity contribution in [1.82, 2.24) is 29.4 Å². The molecule has 9 heteroatoms. The van der Waals surface area contributed by atoms with Gasteiger partial charge in [0.15, 0.2) is 0 Å². The molecule has 0 spiro atoms. The van der Waals surface area contributed by atoms with E-state index in [9.17, 15) is 9.59 Å². The molecule has 39 heavy (non-hydrogen) atoms. The first-order valence-electron chi connectivity index (χ1n) is 13.2. The number of aryl methyl sites for hydroxylation is 1. The fourth-order valence-corrected chi connectivity index (χ4v) is 5.76. The molecule has 5 aromatic rings. The number of hydrogen-bond donors (Lipinski definition) is 2. The van der Waals surface area contributed by atoms with E-state index >= 15 is 0 Å². The molecule has 0 aliphatic heterocycles. The van der Waals surface area contributed by atoms with Crippen molar-refractivity contribution >= 4 is 28.5 Å². The molecule has 3 heterocycles.